The number of hydrogen-bond acceptors (Lipinski definition) is 2. The highest BCUT2D eigenvalue weighted by molar-refractivity contribution is 6.11. The van der Waals surface area contributed by atoms with Crippen LogP contribution in [-0.2, 0) is 7.05 Å². The molecule has 2 aromatic heterocycles. The Morgan fingerprint density at radius 3 is 2.84 bits per heavy atom. The van der Waals surface area contributed by atoms with E-state index < -0.39 is 0 Å². The van der Waals surface area contributed by atoms with Crippen molar-refractivity contribution in [3.8, 4) is 0 Å². The summed E-state index contributed by atoms with van der Waals surface area (Å²) in [6.45, 7) is 2.10. The van der Waals surface area contributed by atoms with E-state index in [2.05, 4.69) is 12.0 Å². The molecule has 0 aliphatic rings. The molecule has 19 heavy (non-hydrogen) atoms. The molecule has 0 saturated carbocycles. The number of fused-ring (bicyclic) bond motifs is 3. The van der Waals surface area contributed by atoms with E-state index in [1.807, 2.05) is 40.6 Å². The molecule has 98 valence electrons. The van der Waals surface area contributed by atoms with Gasteiger partial charge < -0.3 is 0 Å². The van der Waals surface area contributed by atoms with Gasteiger partial charge in [-0.15, -0.1) is 0 Å². The normalized spacial score (nSPS) is 11.5. The van der Waals surface area contributed by atoms with Gasteiger partial charge in [0, 0.05) is 18.9 Å². The summed E-state index contributed by atoms with van der Waals surface area (Å²) >= 11 is 0. The number of nitrogens with zero attached hydrogens (tertiary/aromatic N) is 3. The Hall–Kier alpha value is -2.10. The van der Waals surface area contributed by atoms with Crippen LogP contribution in [0.2, 0.25) is 0 Å². The zero-order valence-electron chi connectivity index (χ0n) is 11.3. The van der Waals surface area contributed by atoms with Crippen molar-refractivity contribution in [3.63, 3.8) is 0 Å². The Morgan fingerprint density at radius 1 is 1.26 bits per heavy atom. The Labute approximate surface area is 111 Å². The number of hydrogen-bond donors (Lipinski definition) is 0. The second-order valence-electron chi connectivity index (χ2n) is 4.85. The standard InChI is InChI=1S/C15H17N3O/c1-3-4-9-14(19)18-12-8-6-5-7-11(12)15-13(18)10-16-17(15)2/h5-8,10H,3-4,9H2,1-2H3. The van der Waals surface area contributed by atoms with Crippen LogP contribution in [0, 0.1) is 0 Å². The summed E-state index contributed by atoms with van der Waals surface area (Å²) in [5.41, 5.74) is 2.91. The number of aromatic nitrogens is 3. The lowest BCUT2D eigenvalue weighted by Crippen LogP contribution is -2.09. The van der Waals surface area contributed by atoms with Crippen molar-refractivity contribution in [3.05, 3.63) is 30.5 Å². The predicted octanol–water partition coefficient (Wildman–Crippen LogP) is 3.36. The zero-order valence-corrected chi connectivity index (χ0v) is 11.3. The minimum Gasteiger partial charge on any atom is -0.277 e. The summed E-state index contributed by atoms with van der Waals surface area (Å²) in [6.07, 6.45) is 4.31. The third-order valence-electron chi connectivity index (χ3n) is 3.55. The summed E-state index contributed by atoms with van der Waals surface area (Å²) in [5.74, 6) is 0.154. The van der Waals surface area contributed by atoms with Gasteiger partial charge in [0.15, 0.2) is 0 Å². The monoisotopic (exact) mass is 255 g/mol. The molecule has 0 fully saturated rings. The Bertz CT molecular complexity index is 751. The van der Waals surface area contributed by atoms with Crippen molar-refractivity contribution in [2.75, 3.05) is 0 Å². The van der Waals surface area contributed by atoms with Gasteiger partial charge in [0.1, 0.15) is 0 Å². The predicted molar refractivity (Wildman–Crippen MR) is 76.4 cm³/mol. The van der Waals surface area contributed by atoms with Crippen LogP contribution in [0.3, 0.4) is 0 Å². The summed E-state index contributed by atoms with van der Waals surface area (Å²) in [6, 6.07) is 8.01. The molecular weight excluding hydrogens is 238 g/mol. The van der Waals surface area contributed by atoms with Gasteiger partial charge in [0.25, 0.3) is 0 Å². The van der Waals surface area contributed by atoms with E-state index in [0.29, 0.717) is 6.42 Å². The molecule has 0 radical (unpaired) electrons. The van der Waals surface area contributed by atoms with Gasteiger partial charge >= 0.3 is 0 Å². The first-order chi connectivity index (χ1) is 9.24. The molecule has 3 aromatic rings. The van der Waals surface area contributed by atoms with Crippen molar-refractivity contribution in [2.24, 2.45) is 7.05 Å². The Morgan fingerprint density at radius 2 is 2.05 bits per heavy atom. The topological polar surface area (TPSA) is 39.8 Å². The van der Waals surface area contributed by atoms with Crippen LogP contribution in [0.15, 0.2) is 30.5 Å². The average Bonchev–Trinajstić information content (AvgIpc) is 2.94. The maximum Gasteiger partial charge on any atom is 0.231 e. The van der Waals surface area contributed by atoms with Gasteiger partial charge in [0.05, 0.1) is 22.7 Å². The van der Waals surface area contributed by atoms with E-state index in [1.54, 1.807) is 6.20 Å². The van der Waals surface area contributed by atoms with E-state index in [4.69, 9.17) is 0 Å². The molecule has 0 spiro atoms. The quantitative estimate of drug-likeness (QED) is 0.720. The molecule has 0 saturated heterocycles. The second-order valence-corrected chi connectivity index (χ2v) is 4.85. The number of benzene rings is 1. The molecular formula is C15H17N3O. The SMILES string of the molecule is CCCCC(=O)n1c2ccccc2c2c1cnn2C. The van der Waals surface area contributed by atoms with E-state index in [9.17, 15) is 4.79 Å². The minimum absolute atomic E-state index is 0.154. The summed E-state index contributed by atoms with van der Waals surface area (Å²) in [5, 5.41) is 5.36. The van der Waals surface area contributed by atoms with Gasteiger partial charge in [0.2, 0.25) is 5.91 Å². The van der Waals surface area contributed by atoms with Gasteiger partial charge in [-0.2, -0.15) is 5.10 Å². The van der Waals surface area contributed by atoms with Gasteiger partial charge in [-0.25, -0.2) is 0 Å². The Kier molecular flexibility index (Phi) is 2.85. The molecule has 0 amide bonds. The lowest BCUT2D eigenvalue weighted by atomic mass is 10.2. The lowest BCUT2D eigenvalue weighted by Gasteiger charge is -2.03. The smallest absolute Gasteiger partial charge is 0.231 e. The van der Waals surface area contributed by atoms with E-state index in [-0.39, 0.29) is 5.91 Å². The molecule has 4 nitrogen and oxygen atoms in total. The summed E-state index contributed by atoms with van der Waals surface area (Å²) < 4.78 is 3.65. The fourth-order valence-corrected chi connectivity index (χ4v) is 2.61. The van der Waals surface area contributed by atoms with E-state index in [1.165, 1.54) is 0 Å². The summed E-state index contributed by atoms with van der Waals surface area (Å²) in [7, 11) is 1.91. The minimum atomic E-state index is 0.154. The molecule has 0 aliphatic heterocycles. The van der Waals surface area contributed by atoms with Crippen LogP contribution in [0.1, 0.15) is 31.0 Å². The molecule has 0 unspecified atom stereocenters. The molecule has 0 N–H and O–H groups in total. The summed E-state index contributed by atoms with van der Waals surface area (Å²) in [4.78, 5) is 12.4. The fourth-order valence-electron chi connectivity index (χ4n) is 2.61. The first-order valence-electron chi connectivity index (χ1n) is 6.68. The lowest BCUT2D eigenvalue weighted by molar-refractivity contribution is 0.0910. The molecule has 0 atom stereocenters. The van der Waals surface area contributed by atoms with Crippen LogP contribution in [-0.4, -0.2) is 20.3 Å². The average molecular weight is 255 g/mol. The van der Waals surface area contributed by atoms with Crippen LogP contribution >= 0.6 is 0 Å². The van der Waals surface area contributed by atoms with E-state index in [0.717, 1.165) is 34.8 Å². The maximum absolute atomic E-state index is 12.4. The first kappa shape index (κ1) is 12.0. The van der Waals surface area contributed by atoms with Gasteiger partial charge in [-0.3, -0.25) is 14.0 Å². The number of aryl methyl sites for hydroxylation is 1. The molecule has 0 bridgehead atoms. The van der Waals surface area contributed by atoms with Crippen molar-refractivity contribution in [1.82, 2.24) is 14.3 Å². The van der Waals surface area contributed by atoms with Crippen molar-refractivity contribution in [2.45, 2.75) is 26.2 Å². The van der Waals surface area contributed by atoms with Crippen molar-refractivity contribution >= 4 is 27.8 Å². The van der Waals surface area contributed by atoms with Crippen molar-refractivity contribution < 1.29 is 4.79 Å². The molecule has 2 heterocycles. The fraction of sp³-hybridized carbons (Fsp3) is 0.333. The number of para-hydroxylation sites is 1. The molecule has 3 rings (SSSR count). The van der Waals surface area contributed by atoms with Gasteiger partial charge in [-0.05, 0) is 12.5 Å². The first-order valence-corrected chi connectivity index (χ1v) is 6.68. The van der Waals surface area contributed by atoms with Crippen LogP contribution in [0.5, 0.6) is 0 Å². The number of rotatable bonds is 3. The van der Waals surface area contributed by atoms with Crippen LogP contribution < -0.4 is 0 Å². The number of unbranched alkanes of at least 4 members (excludes halogenated alkanes) is 1. The third kappa shape index (κ3) is 1.75. The van der Waals surface area contributed by atoms with Crippen LogP contribution in [0.4, 0.5) is 0 Å². The van der Waals surface area contributed by atoms with Crippen molar-refractivity contribution in [1.29, 1.82) is 0 Å². The highest BCUT2D eigenvalue weighted by atomic mass is 16.2. The largest absolute Gasteiger partial charge is 0.277 e. The maximum atomic E-state index is 12.4. The molecule has 4 heteroatoms. The zero-order chi connectivity index (χ0) is 13.4. The highest BCUT2D eigenvalue weighted by Crippen LogP contribution is 2.28. The Balaban J connectivity index is 2.28. The third-order valence-corrected chi connectivity index (χ3v) is 3.55. The molecule has 0 aliphatic carbocycles. The number of carbonyl (C=O) groups is 1. The molecule has 1 aromatic carbocycles. The van der Waals surface area contributed by atoms with E-state index >= 15 is 0 Å². The second kappa shape index (κ2) is 4.53. The number of carbonyl (C=O) groups excluding carboxylic acids is 1. The van der Waals surface area contributed by atoms with Crippen LogP contribution in [0.25, 0.3) is 21.9 Å². The highest BCUT2D eigenvalue weighted by Gasteiger charge is 2.17. The van der Waals surface area contributed by atoms with Gasteiger partial charge in [-0.1, -0.05) is 31.5 Å².